The first-order valence-corrected chi connectivity index (χ1v) is 7.77. The van der Waals surface area contributed by atoms with Gasteiger partial charge in [0.2, 0.25) is 5.95 Å². The Balaban J connectivity index is 1.64. The molecule has 5 nitrogen and oxygen atoms in total. The van der Waals surface area contributed by atoms with Crippen molar-refractivity contribution in [2.45, 2.75) is 13.5 Å². The lowest BCUT2D eigenvalue weighted by Gasteiger charge is -2.33. The van der Waals surface area contributed by atoms with E-state index < -0.39 is 0 Å². The summed E-state index contributed by atoms with van der Waals surface area (Å²) in [5.74, 6) is 1.70. The van der Waals surface area contributed by atoms with Crippen LogP contribution in [0.15, 0.2) is 36.5 Å². The van der Waals surface area contributed by atoms with Crippen LogP contribution in [0.3, 0.4) is 0 Å². The van der Waals surface area contributed by atoms with Crippen LogP contribution < -0.4 is 10.2 Å². The van der Waals surface area contributed by atoms with E-state index in [9.17, 15) is 0 Å². The molecule has 0 radical (unpaired) electrons. The van der Waals surface area contributed by atoms with Crippen molar-refractivity contribution in [2.75, 3.05) is 43.4 Å². The predicted molar refractivity (Wildman–Crippen MR) is 90.2 cm³/mol. The highest BCUT2D eigenvalue weighted by molar-refractivity contribution is 5.43. The molecule has 0 aliphatic carbocycles. The largest absolute Gasteiger partial charge is 0.354 e. The Hall–Kier alpha value is -2.14. The number of aryl methyl sites for hydroxylation is 1. The predicted octanol–water partition coefficient (Wildman–Crippen LogP) is 2.15. The minimum atomic E-state index is 0.693. The molecule has 0 spiro atoms. The normalized spacial score (nSPS) is 15.8. The average molecular weight is 297 g/mol. The van der Waals surface area contributed by atoms with Crippen LogP contribution in [-0.2, 0) is 6.54 Å². The van der Waals surface area contributed by atoms with Crippen molar-refractivity contribution in [3.8, 4) is 0 Å². The summed E-state index contributed by atoms with van der Waals surface area (Å²) in [6.07, 6.45) is 1.83. The maximum absolute atomic E-state index is 4.64. The van der Waals surface area contributed by atoms with Gasteiger partial charge in [0.15, 0.2) is 0 Å². The highest BCUT2D eigenvalue weighted by atomic mass is 15.3. The van der Waals surface area contributed by atoms with Gasteiger partial charge in [-0.2, -0.15) is 4.98 Å². The van der Waals surface area contributed by atoms with Crippen LogP contribution >= 0.6 is 0 Å². The van der Waals surface area contributed by atoms with Crippen molar-refractivity contribution in [3.05, 3.63) is 47.7 Å². The van der Waals surface area contributed by atoms with Gasteiger partial charge >= 0.3 is 0 Å². The van der Waals surface area contributed by atoms with Crippen LogP contribution in [0.2, 0.25) is 0 Å². The van der Waals surface area contributed by atoms with E-state index in [0.29, 0.717) is 5.95 Å². The number of nitrogens with zero attached hydrogens (tertiary/aromatic N) is 4. The van der Waals surface area contributed by atoms with Crippen LogP contribution in [0.1, 0.15) is 11.1 Å². The van der Waals surface area contributed by atoms with Gasteiger partial charge in [0.25, 0.3) is 0 Å². The van der Waals surface area contributed by atoms with Gasteiger partial charge in [0.05, 0.1) is 0 Å². The molecule has 116 valence electrons. The average Bonchev–Trinajstić information content (AvgIpc) is 2.54. The van der Waals surface area contributed by atoms with Crippen molar-refractivity contribution in [1.29, 1.82) is 0 Å². The molecule has 0 unspecified atom stereocenters. The monoisotopic (exact) mass is 297 g/mol. The third-order valence-electron chi connectivity index (χ3n) is 4.00. The number of hydrogen-bond donors (Lipinski definition) is 1. The van der Waals surface area contributed by atoms with Crippen LogP contribution in [0, 0.1) is 6.92 Å². The van der Waals surface area contributed by atoms with Crippen LogP contribution in [0.25, 0.3) is 0 Å². The second-order valence-electron chi connectivity index (χ2n) is 5.87. The molecule has 1 aromatic heterocycles. The quantitative estimate of drug-likeness (QED) is 0.937. The molecule has 2 heterocycles. The minimum absolute atomic E-state index is 0.693. The molecular weight excluding hydrogens is 274 g/mol. The number of aromatic nitrogens is 2. The molecule has 0 atom stereocenters. The smallest absolute Gasteiger partial charge is 0.224 e. The molecule has 1 fully saturated rings. The Morgan fingerprint density at radius 2 is 1.95 bits per heavy atom. The SMILES string of the molecule is Cc1cccc(CNc2nccc(N3CCN(C)CC3)n2)c1. The number of likely N-dealkylation sites (N-methyl/N-ethyl adjacent to an activating group) is 1. The molecule has 1 N–H and O–H groups in total. The van der Waals surface area contributed by atoms with Gasteiger partial charge < -0.3 is 15.1 Å². The second-order valence-corrected chi connectivity index (χ2v) is 5.87. The first kappa shape index (κ1) is 14.8. The number of benzene rings is 1. The highest BCUT2D eigenvalue weighted by Gasteiger charge is 2.15. The second kappa shape index (κ2) is 6.75. The first-order chi connectivity index (χ1) is 10.7. The molecule has 0 amide bonds. The molecule has 0 bridgehead atoms. The fraction of sp³-hybridized carbons (Fsp3) is 0.412. The molecule has 3 rings (SSSR count). The van der Waals surface area contributed by atoms with Crippen molar-refractivity contribution in [1.82, 2.24) is 14.9 Å². The van der Waals surface area contributed by atoms with E-state index in [1.165, 1.54) is 11.1 Å². The first-order valence-electron chi connectivity index (χ1n) is 7.77. The van der Waals surface area contributed by atoms with E-state index in [1.54, 1.807) is 0 Å². The summed E-state index contributed by atoms with van der Waals surface area (Å²) in [7, 11) is 2.16. The lowest BCUT2D eigenvalue weighted by atomic mass is 10.1. The van der Waals surface area contributed by atoms with Gasteiger partial charge in [-0.05, 0) is 25.6 Å². The van der Waals surface area contributed by atoms with Gasteiger partial charge in [-0.3, -0.25) is 0 Å². The van der Waals surface area contributed by atoms with E-state index in [2.05, 4.69) is 63.3 Å². The number of rotatable bonds is 4. The molecule has 22 heavy (non-hydrogen) atoms. The Kier molecular flexibility index (Phi) is 4.53. The summed E-state index contributed by atoms with van der Waals surface area (Å²) < 4.78 is 0. The van der Waals surface area contributed by atoms with E-state index in [1.807, 2.05) is 12.3 Å². The van der Waals surface area contributed by atoms with Crippen molar-refractivity contribution < 1.29 is 0 Å². The summed E-state index contributed by atoms with van der Waals surface area (Å²) in [6.45, 7) is 7.05. The Morgan fingerprint density at radius 1 is 1.14 bits per heavy atom. The van der Waals surface area contributed by atoms with Crippen LogP contribution in [-0.4, -0.2) is 48.1 Å². The third-order valence-corrected chi connectivity index (χ3v) is 4.00. The van der Waals surface area contributed by atoms with Gasteiger partial charge in [-0.15, -0.1) is 0 Å². The van der Waals surface area contributed by atoms with Crippen molar-refractivity contribution in [3.63, 3.8) is 0 Å². The fourth-order valence-corrected chi connectivity index (χ4v) is 2.65. The third kappa shape index (κ3) is 3.74. The minimum Gasteiger partial charge on any atom is -0.354 e. The summed E-state index contributed by atoms with van der Waals surface area (Å²) in [5, 5.41) is 3.32. The van der Waals surface area contributed by atoms with E-state index in [4.69, 9.17) is 0 Å². The summed E-state index contributed by atoms with van der Waals surface area (Å²) in [6, 6.07) is 10.5. The van der Waals surface area contributed by atoms with E-state index in [0.717, 1.165) is 38.5 Å². The Bertz CT molecular complexity index is 620. The van der Waals surface area contributed by atoms with Gasteiger partial charge in [-0.25, -0.2) is 4.98 Å². The molecule has 5 heteroatoms. The summed E-state index contributed by atoms with van der Waals surface area (Å²) >= 11 is 0. The molecule has 1 saturated heterocycles. The van der Waals surface area contributed by atoms with E-state index in [-0.39, 0.29) is 0 Å². The summed E-state index contributed by atoms with van der Waals surface area (Å²) in [5.41, 5.74) is 2.51. The number of anilines is 2. The molecular formula is C17H23N5. The topological polar surface area (TPSA) is 44.3 Å². The fourth-order valence-electron chi connectivity index (χ4n) is 2.65. The maximum Gasteiger partial charge on any atom is 0.224 e. The molecule has 1 aliphatic rings. The zero-order valence-corrected chi connectivity index (χ0v) is 13.3. The van der Waals surface area contributed by atoms with Gasteiger partial charge in [0.1, 0.15) is 5.82 Å². The number of piperazine rings is 1. The maximum atomic E-state index is 4.64. The van der Waals surface area contributed by atoms with Gasteiger partial charge in [-0.1, -0.05) is 29.8 Å². The zero-order valence-electron chi connectivity index (χ0n) is 13.3. The van der Waals surface area contributed by atoms with Crippen LogP contribution in [0.4, 0.5) is 11.8 Å². The lowest BCUT2D eigenvalue weighted by Crippen LogP contribution is -2.44. The Morgan fingerprint density at radius 3 is 2.73 bits per heavy atom. The number of hydrogen-bond acceptors (Lipinski definition) is 5. The highest BCUT2D eigenvalue weighted by Crippen LogP contribution is 2.15. The lowest BCUT2D eigenvalue weighted by molar-refractivity contribution is 0.312. The van der Waals surface area contributed by atoms with Crippen molar-refractivity contribution in [2.24, 2.45) is 0 Å². The number of nitrogens with one attached hydrogen (secondary N) is 1. The van der Waals surface area contributed by atoms with Crippen LogP contribution in [0.5, 0.6) is 0 Å². The summed E-state index contributed by atoms with van der Waals surface area (Å²) in [4.78, 5) is 13.6. The van der Waals surface area contributed by atoms with Gasteiger partial charge in [0, 0.05) is 38.9 Å². The Labute approximate surface area is 132 Å². The molecule has 1 aliphatic heterocycles. The standard InChI is InChI=1S/C17H23N5/c1-14-4-3-5-15(12-14)13-19-17-18-7-6-16(20-17)22-10-8-21(2)9-11-22/h3-7,12H,8-11,13H2,1-2H3,(H,18,19,20). The van der Waals surface area contributed by atoms with E-state index >= 15 is 0 Å². The molecule has 1 aromatic carbocycles. The molecule has 2 aromatic rings. The van der Waals surface area contributed by atoms with Crippen molar-refractivity contribution >= 4 is 11.8 Å². The zero-order chi connectivity index (χ0) is 15.4. The molecule has 0 saturated carbocycles.